The largest absolute Gasteiger partial charge is 0.497 e. The average molecular weight is 466 g/mol. The maximum atomic E-state index is 12.7. The summed E-state index contributed by atoms with van der Waals surface area (Å²) in [6, 6.07) is 15.5. The van der Waals surface area contributed by atoms with Crippen LogP contribution in [-0.4, -0.2) is 53.4 Å². The molecule has 0 aromatic heterocycles. The number of amides is 1. The van der Waals surface area contributed by atoms with Gasteiger partial charge in [-0.25, -0.2) is 0 Å². The van der Waals surface area contributed by atoms with E-state index in [1.165, 1.54) is 24.8 Å². The number of hydrogen-bond donors (Lipinski definition) is 0. The van der Waals surface area contributed by atoms with Gasteiger partial charge in [0.25, 0.3) is 5.69 Å². The van der Waals surface area contributed by atoms with Crippen LogP contribution in [0.2, 0.25) is 0 Å². The van der Waals surface area contributed by atoms with Crippen LogP contribution >= 0.6 is 0 Å². The summed E-state index contributed by atoms with van der Waals surface area (Å²) in [6.45, 7) is 4.52. The van der Waals surface area contributed by atoms with Crippen LogP contribution in [0.1, 0.15) is 56.1 Å². The van der Waals surface area contributed by atoms with Gasteiger partial charge in [0.2, 0.25) is 5.91 Å². The van der Waals surface area contributed by atoms with Gasteiger partial charge in [-0.15, -0.1) is 0 Å². The summed E-state index contributed by atoms with van der Waals surface area (Å²) in [6.07, 6.45) is 5.78. The van der Waals surface area contributed by atoms with Gasteiger partial charge in [-0.2, -0.15) is 0 Å². The number of hydrogen-bond acceptors (Lipinski definition) is 5. The molecular formula is C27H35N3O4. The van der Waals surface area contributed by atoms with E-state index >= 15 is 0 Å². The average Bonchev–Trinajstić information content (AvgIpc) is 3.25. The fourth-order valence-electron chi connectivity index (χ4n) is 5.77. The standard InChI is InChI=1S/C27H35N3O4/c1-20(31)29(24-11-4-3-5-12-24)18-23-17-28(16-22-9-6-7-14-27(22)30(32)33)19-26(23)21-10-8-13-25(15-21)34-2/h6-10,13-15,23-24,26H,3-5,11-12,16-19H2,1-2H3/t23-,26-/m0/s1. The van der Waals surface area contributed by atoms with Crippen LogP contribution in [0.4, 0.5) is 5.69 Å². The Kier molecular flexibility index (Phi) is 7.83. The number of carbonyl (C=O) groups is 1. The van der Waals surface area contributed by atoms with Crippen molar-refractivity contribution < 1.29 is 14.5 Å². The predicted molar refractivity (Wildman–Crippen MR) is 132 cm³/mol. The van der Waals surface area contributed by atoms with Crippen molar-refractivity contribution in [2.45, 2.75) is 57.5 Å². The second-order valence-corrected chi connectivity index (χ2v) is 9.69. The molecule has 0 spiro atoms. The van der Waals surface area contributed by atoms with E-state index in [4.69, 9.17) is 4.74 Å². The molecule has 182 valence electrons. The third kappa shape index (κ3) is 5.58. The normalized spacial score (nSPS) is 21.4. The number of nitrogens with zero attached hydrogens (tertiary/aromatic N) is 3. The van der Waals surface area contributed by atoms with Crippen LogP contribution in [0.25, 0.3) is 0 Å². The van der Waals surface area contributed by atoms with Crippen molar-refractivity contribution in [2.24, 2.45) is 5.92 Å². The van der Waals surface area contributed by atoms with E-state index in [9.17, 15) is 14.9 Å². The summed E-state index contributed by atoms with van der Waals surface area (Å²) in [5.41, 5.74) is 2.09. The molecular weight excluding hydrogens is 430 g/mol. The van der Waals surface area contributed by atoms with Crippen molar-refractivity contribution in [3.63, 3.8) is 0 Å². The fourth-order valence-corrected chi connectivity index (χ4v) is 5.77. The molecule has 1 aliphatic carbocycles. The number of rotatable bonds is 8. The van der Waals surface area contributed by atoms with E-state index < -0.39 is 0 Å². The molecule has 2 atom stereocenters. The number of ether oxygens (including phenoxy) is 1. The second kappa shape index (κ2) is 11.0. The number of likely N-dealkylation sites (tertiary alicyclic amines) is 1. The molecule has 0 bridgehead atoms. The van der Waals surface area contributed by atoms with Gasteiger partial charge in [0.1, 0.15) is 5.75 Å². The van der Waals surface area contributed by atoms with Crippen molar-refractivity contribution in [1.29, 1.82) is 0 Å². The Bertz CT molecular complexity index is 1000. The first-order chi connectivity index (χ1) is 16.5. The number of carbonyl (C=O) groups excluding carboxylic acids is 1. The molecule has 7 heteroatoms. The van der Waals surface area contributed by atoms with Crippen LogP contribution in [0.5, 0.6) is 5.75 Å². The van der Waals surface area contributed by atoms with Crippen molar-refractivity contribution in [1.82, 2.24) is 9.80 Å². The third-order valence-electron chi connectivity index (χ3n) is 7.47. The number of methoxy groups -OCH3 is 1. The molecule has 1 saturated heterocycles. The van der Waals surface area contributed by atoms with Gasteiger partial charge in [-0.3, -0.25) is 19.8 Å². The molecule has 34 heavy (non-hydrogen) atoms. The summed E-state index contributed by atoms with van der Waals surface area (Å²) in [5.74, 6) is 1.45. The summed E-state index contributed by atoms with van der Waals surface area (Å²) in [5, 5.41) is 11.5. The lowest BCUT2D eigenvalue weighted by molar-refractivity contribution is -0.385. The van der Waals surface area contributed by atoms with Crippen molar-refractivity contribution in [3.8, 4) is 5.75 Å². The number of nitro benzene ring substituents is 1. The quantitative estimate of drug-likeness (QED) is 0.405. The van der Waals surface area contributed by atoms with Crippen LogP contribution in [0.3, 0.4) is 0 Å². The molecule has 4 rings (SSSR count). The fraction of sp³-hybridized carbons (Fsp3) is 0.519. The topological polar surface area (TPSA) is 75.9 Å². The Morgan fingerprint density at radius 3 is 2.59 bits per heavy atom. The van der Waals surface area contributed by atoms with Gasteiger partial charge in [0.15, 0.2) is 0 Å². The van der Waals surface area contributed by atoms with Gasteiger partial charge < -0.3 is 9.64 Å². The van der Waals surface area contributed by atoms with E-state index in [2.05, 4.69) is 21.9 Å². The zero-order valence-electron chi connectivity index (χ0n) is 20.2. The summed E-state index contributed by atoms with van der Waals surface area (Å²) >= 11 is 0. The molecule has 0 N–H and O–H groups in total. The lowest BCUT2D eigenvalue weighted by Crippen LogP contribution is -2.44. The first-order valence-corrected chi connectivity index (χ1v) is 12.3. The third-order valence-corrected chi connectivity index (χ3v) is 7.47. The first kappa shape index (κ1) is 24.2. The Morgan fingerprint density at radius 2 is 1.88 bits per heavy atom. The van der Waals surface area contributed by atoms with Gasteiger partial charge in [0.05, 0.1) is 12.0 Å². The molecule has 2 aromatic rings. The molecule has 7 nitrogen and oxygen atoms in total. The molecule has 1 heterocycles. The number of nitro groups is 1. The minimum Gasteiger partial charge on any atom is -0.497 e. The van der Waals surface area contributed by atoms with Crippen molar-refractivity contribution in [2.75, 3.05) is 26.7 Å². The van der Waals surface area contributed by atoms with Crippen LogP contribution in [0.15, 0.2) is 48.5 Å². The second-order valence-electron chi connectivity index (χ2n) is 9.69. The highest BCUT2D eigenvalue weighted by Crippen LogP contribution is 2.37. The lowest BCUT2D eigenvalue weighted by Gasteiger charge is -2.36. The van der Waals surface area contributed by atoms with E-state index in [0.717, 1.165) is 43.8 Å². The summed E-state index contributed by atoms with van der Waals surface area (Å²) in [7, 11) is 1.67. The Hall–Kier alpha value is -2.93. The first-order valence-electron chi connectivity index (χ1n) is 12.3. The molecule has 2 aromatic carbocycles. The predicted octanol–water partition coefficient (Wildman–Crippen LogP) is 5.00. The summed E-state index contributed by atoms with van der Waals surface area (Å²) in [4.78, 5) is 28.3. The monoisotopic (exact) mass is 465 g/mol. The minimum absolute atomic E-state index is 0.147. The number of para-hydroxylation sites is 1. The lowest BCUT2D eigenvalue weighted by atomic mass is 9.87. The van der Waals surface area contributed by atoms with E-state index in [0.29, 0.717) is 12.6 Å². The zero-order chi connectivity index (χ0) is 24.1. The van der Waals surface area contributed by atoms with Crippen LogP contribution < -0.4 is 4.74 Å². The maximum absolute atomic E-state index is 12.7. The molecule has 0 radical (unpaired) electrons. The maximum Gasteiger partial charge on any atom is 0.273 e. The highest BCUT2D eigenvalue weighted by atomic mass is 16.6. The summed E-state index contributed by atoms with van der Waals surface area (Å²) < 4.78 is 5.48. The molecule has 1 amide bonds. The Labute approximate surface area is 201 Å². The van der Waals surface area contributed by atoms with Gasteiger partial charge >= 0.3 is 0 Å². The molecule has 2 aliphatic rings. The van der Waals surface area contributed by atoms with Crippen LogP contribution in [-0.2, 0) is 11.3 Å². The van der Waals surface area contributed by atoms with Gasteiger partial charge in [-0.1, -0.05) is 49.6 Å². The minimum atomic E-state index is -0.303. The SMILES string of the molecule is COc1cccc([C@@H]2CN(Cc3ccccc3[N+](=O)[O-])C[C@H]2CN(C(C)=O)C2CCCCC2)c1. The molecule has 0 unspecified atom stereocenters. The molecule has 2 fully saturated rings. The van der Waals surface area contributed by atoms with Gasteiger partial charge in [0, 0.05) is 56.7 Å². The van der Waals surface area contributed by atoms with E-state index in [-0.39, 0.29) is 28.4 Å². The van der Waals surface area contributed by atoms with Crippen molar-refractivity contribution >= 4 is 11.6 Å². The van der Waals surface area contributed by atoms with E-state index in [1.807, 2.05) is 24.3 Å². The van der Waals surface area contributed by atoms with Crippen LogP contribution in [0, 0.1) is 16.0 Å². The van der Waals surface area contributed by atoms with Gasteiger partial charge in [-0.05, 0) is 36.5 Å². The zero-order valence-corrected chi connectivity index (χ0v) is 20.2. The molecule has 1 saturated carbocycles. The smallest absolute Gasteiger partial charge is 0.273 e. The highest BCUT2D eigenvalue weighted by Gasteiger charge is 2.37. The number of benzene rings is 2. The molecule has 1 aliphatic heterocycles. The van der Waals surface area contributed by atoms with Crippen molar-refractivity contribution in [3.05, 3.63) is 69.8 Å². The Balaban J connectivity index is 1.59. The Morgan fingerprint density at radius 1 is 1.12 bits per heavy atom. The van der Waals surface area contributed by atoms with E-state index in [1.54, 1.807) is 26.2 Å². The highest BCUT2D eigenvalue weighted by molar-refractivity contribution is 5.73.